The molecule has 0 spiro atoms. The summed E-state index contributed by atoms with van der Waals surface area (Å²) < 4.78 is 28.6. The van der Waals surface area contributed by atoms with Gasteiger partial charge in [-0.05, 0) is 42.2 Å². The summed E-state index contributed by atoms with van der Waals surface area (Å²) in [5.74, 6) is -0.554. The molecule has 1 N–H and O–H groups in total. The summed E-state index contributed by atoms with van der Waals surface area (Å²) in [5.41, 5.74) is 1.01. The standard InChI is InChI=1S/C29H34ClN3O4S/c1-4-26(29(35)31-19-22(2)3)32(20-23-13-7-5-8-14-23)28(34)21-33(27-18-12-11-17-25(27)30)38(36,37)24-15-9-6-10-16-24/h5-18,22,26H,4,19-21H2,1-3H3,(H,31,35)/t26-/m1/s1. The third kappa shape index (κ3) is 7.36. The molecular formula is C29H34ClN3O4S. The zero-order chi connectivity index (χ0) is 27.7. The maximum absolute atomic E-state index is 14.0. The number of amides is 2. The van der Waals surface area contributed by atoms with Gasteiger partial charge in [-0.1, -0.05) is 93.0 Å². The Morgan fingerprint density at radius 1 is 0.895 bits per heavy atom. The lowest BCUT2D eigenvalue weighted by Crippen LogP contribution is -2.52. The lowest BCUT2D eigenvalue weighted by Gasteiger charge is -2.33. The monoisotopic (exact) mass is 555 g/mol. The molecule has 1 atom stereocenters. The largest absolute Gasteiger partial charge is 0.354 e. The Hall–Kier alpha value is -3.36. The zero-order valence-electron chi connectivity index (χ0n) is 21.9. The fourth-order valence-corrected chi connectivity index (χ4v) is 5.75. The van der Waals surface area contributed by atoms with Gasteiger partial charge in [0.05, 0.1) is 15.6 Å². The molecule has 0 unspecified atom stereocenters. The maximum Gasteiger partial charge on any atom is 0.264 e. The summed E-state index contributed by atoms with van der Waals surface area (Å²) in [5, 5.41) is 3.11. The second-order valence-electron chi connectivity index (χ2n) is 9.35. The number of halogens is 1. The second kappa shape index (κ2) is 13.4. The Labute approximate surface area is 230 Å². The molecule has 0 heterocycles. The summed E-state index contributed by atoms with van der Waals surface area (Å²) in [6.45, 7) is 5.90. The molecule has 0 aliphatic heterocycles. The first-order valence-corrected chi connectivity index (χ1v) is 14.4. The minimum Gasteiger partial charge on any atom is -0.354 e. The van der Waals surface area contributed by atoms with Gasteiger partial charge >= 0.3 is 0 Å². The van der Waals surface area contributed by atoms with Gasteiger partial charge in [-0.3, -0.25) is 13.9 Å². The molecule has 202 valence electrons. The van der Waals surface area contributed by atoms with E-state index in [1.807, 2.05) is 51.1 Å². The van der Waals surface area contributed by atoms with Gasteiger partial charge in [-0.2, -0.15) is 0 Å². The Morgan fingerprint density at radius 3 is 2.05 bits per heavy atom. The van der Waals surface area contributed by atoms with E-state index < -0.39 is 28.5 Å². The summed E-state index contributed by atoms with van der Waals surface area (Å²) >= 11 is 6.42. The number of hydrogen-bond donors (Lipinski definition) is 1. The predicted octanol–water partition coefficient (Wildman–Crippen LogP) is 5.11. The van der Waals surface area contributed by atoms with Crippen LogP contribution in [0.25, 0.3) is 0 Å². The van der Waals surface area contributed by atoms with Crippen LogP contribution in [0.5, 0.6) is 0 Å². The number of para-hydroxylation sites is 1. The van der Waals surface area contributed by atoms with E-state index in [1.165, 1.54) is 17.0 Å². The fraction of sp³-hybridized carbons (Fsp3) is 0.310. The van der Waals surface area contributed by atoms with Crippen LogP contribution in [0, 0.1) is 5.92 Å². The highest BCUT2D eigenvalue weighted by Gasteiger charge is 2.34. The molecule has 9 heteroatoms. The van der Waals surface area contributed by atoms with Crippen molar-refractivity contribution in [3.8, 4) is 0 Å². The number of nitrogens with one attached hydrogen (secondary N) is 1. The SMILES string of the molecule is CC[C@H](C(=O)NCC(C)C)N(Cc1ccccc1)C(=O)CN(c1ccccc1Cl)S(=O)(=O)c1ccccc1. The quantitative estimate of drug-likeness (QED) is 0.336. The Kier molecular flexibility index (Phi) is 10.3. The first kappa shape index (κ1) is 29.2. The van der Waals surface area contributed by atoms with Gasteiger partial charge in [0.2, 0.25) is 11.8 Å². The topological polar surface area (TPSA) is 86.8 Å². The first-order valence-electron chi connectivity index (χ1n) is 12.6. The number of hydrogen-bond acceptors (Lipinski definition) is 4. The van der Waals surface area contributed by atoms with Gasteiger partial charge in [-0.25, -0.2) is 8.42 Å². The molecule has 38 heavy (non-hydrogen) atoms. The molecule has 0 saturated heterocycles. The van der Waals surface area contributed by atoms with Gasteiger partial charge in [-0.15, -0.1) is 0 Å². The van der Waals surface area contributed by atoms with E-state index in [1.54, 1.807) is 42.5 Å². The summed E-state index contributed by atoms with van der Waals surface area (Å²) in [7, 11) is -4.15. The zero-order valence-corrected chi connectivity index (χ0v) is 23.5. The molecule has 0 aromatic heterocycles. The number of nitrogens with zero attached hydrogens (tertiary/aromatic N) is 2. The van der Waals surface area contributed by atoms with Crippen LogP contribution in [0.2, 0.25) is 5.02 Å². The van der Waals surface area contributed by atoms with Crippen LogP contribution in [0.15, 0.2) is 89.8 Å². The van der Waals surface area contributed by atoms with Crippen LogP contribution >= 0.6 is 11.6 Å². The van der Waals surface area contributed by atoms with Gasteiger partial charge in [0, 0.05) is 13.1 Å². The third-order valence-corrected chi connectivity index (χ3v) is 8.09. The van der Waals surface area contributed by atoms with Crippen LogP contribution in [0.4, 0.5) is 5.69 Å². The molecular weight excluding hydrogens is 522 g/mol. The lowest BCUT2D eigenvalue weighted by atomic mass is 10.1. The van der Waals surface area contributed by atoms with E-state index in [9.17, 15) is 18.0 Å². The van der Waals surface area contributed by atoms with Crippen LogP contribution < -0.4 is 9.62 Å². The normalized spacial score (nSPS) is 12.1. The van der Waals surface area contributed by atoms with Crippen LogP contribution in [0.3, 0.4) is 0 Å². The minimum absolute atomic E-state index is 0.0315. The minimum atomic E-state index is -4.15. The highest BCUT2D eigenvalue weighted by atomic mass is 35.5. The van der Waals surface area contributed by atoms with Crippen molar-refractivity contribution in [2.75, 3.05) is 17.4 Å². The van der Waals surface area contributed by atoms with Crippen molar-refractivity contribution in [1.82, 2.24) is 10.2 Å². The molecule has 2 amide bonds. The van der Waals surface area contributed by atoms with Crippen LogP contribution in [-0.2, 0) is 26.2 Å². The van der Waals surface area contributed by atoms with E-state index in [2.05, 4.69) is 5.32 Å². The van der Waals surface area contributed by atoms with Crippen LogP contribution in [-0.4, -0.2) is 44.3 Å². The molecule has 0 bridgehead atoms. The molecule has 0 fully saturated rings. The number of sulfonamides is 1. The molecule has 0 aliphatic carbocycles. The van der Waals surface area contributed by atoms with E-state index in [-0.39, 0.29) is 34.0 Å². The lowest BCUT2D eigenvalue weighted by molar-refractivity contribution is -0.140. The van der Waals surface area contributed by atoms with E-state index >= 15 is 0 Å². The molecule has 0 radical (unpaired) electrons. The van der Waals surface area contributed by atoms with Gasteiger partial charge in [0.25, 0.3) is 10.0 Å². The van der Waals surface area contributed by atoms with Crippen molar-refractivity contribution >= 4 is 39.1 Å². The van der Waals surface area contributed by atoms with E-state index in [0.717, 1.165) is 9.87 Å². The van der Waals surface area contributed by atoms with Crippen molar-refractivity contribution in [3.63, 3.8) is 0 Å². The summed E-state index contributed by atoms with van der Waals surface area (Å²) in [4.78, 5) is 28.6. The Bertz CT molecular complexity index is 1320. The van der Waals surface area contributed by atoms with Gasteiger partial charge in [0.15, 0.2) is 0 Å². The smallest absolute Gasteiger partial charge is 0.264 e. The van der Waals surface area contributed by atoms with Crippen molar-refractivity contribution in [3.05, 3.63) is 95.5 Å². The Morgan fingerprint density at radius 2 is 1.47 bits per heavy atom. The third-order valence-electron chi connectivity index (χ3n) is 6.00. The summed E-state index contributed by atoms with van der Waals surface area (Å²) in [6.07, 6.45) is 0.361. The van der Waals surface area contributed by atoms with E-state index in [4.69, 9.17) is 11.6 Å². The number of benzene rings is 3. The average molecular weight is 556 g/mol. The van der Waals surface area contributed by atoms with Crippen molar-refractivity contribution < 1.29 is 18.0 Å². The van der Waals surface area contributed by atoms with Crippen molar-refractivity contribution in [2.24, 2.45) is 5.92 Å². The van der Waals surface area contributed by atoms with Gasteiger partial charge in [0.1, 0.15) is 12.6 Å². The molecule has 3 aromatic rings. The maximum atomic E-state index is 14.0. The number of rotatable bonds is 12. The molecule has 0 aliphatic rings. The molecule has 3 rings (SSSR count). The average Bonchev–Trinajstić information content (AvgIpc) is 2.91. The second-order valence-corrected chi connectivity index (χ2v) is 11.6. The fourth-order valence-electron chi connectivity index (χ4n) is 4.01. The number of anilines is 1. The first-order chi connectivity index (χ1) is 18.1. The van der Waals surface area contributed by atoms with E-state index in [0.29, 0.717) is 13.0 Å². The highest BCUT2D eigenvalue weighted by molar-refractivity contribution is 7.92. The molecule has 7 nitrogen and oxygen atoms in total. The Balaban J connectivity index is 2.03. The molecule has 3 aromatic carbocycles. The summed E-state index contributed by atoms with van der Waals surface area (Å²) in [6, 6.07) is 22.9. The molecule has 0 saturated carbocycles. The highest BCUT2D eigenvalue weighted by Crippen LogP contribution is 2.30. The number of carbonyl (C=O) groups is 2. The van der Waals surface area contributed by atoms with Crippen molar-refractivity contribution in [2.45, 2.75) is 44.7 Å². The number of carbonyl (C=O) groups excluding carboxylic acids is 2. The van der Waals surface area contributed by atoms with Crippen molar-refractivity contribution in [1.29, 1.82) is 0 Å². The van der Waals surface area contributed by atoms with Gasteiger partial charge < -0.3 is 10.2 Å². The predicted molar refractivity (Wildman–Crippen MR) is 151 cm³/mol. The van der Waals surface area contributed by atoms with Crippen LogP contribution in [0.1, 0.15) is 32.8 Å².